The first-order valence-electron chi connectivity index (χ1n) is 12.3. The van der Waals surface area contributed by atoms with Gasteiger partial charge < -0.3 is 14.3 Å². The monoisotopic (exact) mass is 449 g/mol. The number of para-hydroxylation sites is 1. The number of rotatable bonds is 6. The molecule has 3 heterocycles. The minimum absolute atomic E-state index is 0.880. The van der Waals surface area contributed by atoms with Crippen LogP contribution >= 0.6 is 0 Å². The summed E-state index contributed by atoms with van der Waals surface area (Å²) in [4.78, 5) is 8.50. The number of benzene rings is 3. The third-order valence-corrected chi connectivity index (χ3v) is 7.17. The van der Waals surface area contributed by atoms with Crippen LogP contribution in [0, 0.1) is 6.92 Å². The van der Waals surface area contributed by atoms with E-state index in [1.807, 2.05) is 0 Å². The van der Waals surface area contributed by atoms with Crippen LogP contribution in [0.25, 0.3) is 33.0 Å². The van der Waals surface area contributed by atoms with Crippen molar-refractivity contribution in [1.29, 1.82) is 0 Å². The lowest BCUT2D eigenvalue weighted by atomic mass is 10.0. The molecule has 0 amide bonds. The summed E-state index contributed by atoms with van der Waals surface area (Å²) in [6, 6.07) is 26.0. The van der Waals surface area contributed by atoms with Gasteiger partial charge in [-0.15, -0.1) is 0 Å². The highest BCUT2D eigenvalue weighted by atomic mass is 16.3. The highest BCUT2D eigenvalue weighted by Gasteiger charge is 2.19. The number of hydrogen-bond acceptors (Lipinski definition) is 3. The molecule has 1 aliphatic rings. The summed E-state index contributed by atoms with van der Waals surface area (Å²) in [5.74, 6) is 1.06. The maximum atomic E-state index is 6.19. The summed E-state index contributed by atoms with van der Waals surface area (Å²) in [6.45, 7) is 8.51. The molecule has 5 aromatic rings. The van der Waals surface area contributed by atoms with Crippen molar-refractivity contribution in [3.8, 4) is 11.1 Å². The molecule has 6 rings (SSSR count). The number of aryl methyl sites for hydroxylation is 1. The fraction of sp³-hybridized carbons (Fsp3) is 0.267. The Balaban J connectivity index is 1.05. The van der Waals surface area contributed by atoms with Crippen molar-refractivity contribution in [1.82, 2.24) is 14.8 Å². The number of aromatic nitrogens is 1. The summed E-state index contributed by atoms with van der Waals surface area (Å²) < 4.78 is 6.19. The standard InChI is InChI=1S/C30H31N3O/c1-22-6-8-23(9-7-22)24-10-11-30-26(18-24)19-27(34-30)21-33-16-14-32(15-17-33)13-12-25-20-31-29-5-3-2-4-28(25)29/h2-11,18-20,31H,12-17,21H2,1H3. The van der Waals surface area contributed by atoms with Crippen LogP contribution < -0.4 is 0 Å². The number of nitrogens with one attached hydrogen (secondary N) is 1. The fourth-order valence-corrected chi connectivity index (χ4v) is 5.11. The predicted molar refractivity (Wildman–Crippen MR) is 140 cm³/mol. The molecular weight excluding hydrogens is 418 g/mol. The maximum absolute atomic E-state index is 6.19. The number of fused-ring (bicyclic) bond motifs is 2. The quantitative estimate of drug-likeness (QED) is 0.333. The Morgan fingerprint density at radius 3 is 2.44 bits per heavy atom. The second-order valence-corrected chi connectivity index (χ2v) is 9.56. The van der Waals surface area contributed by atoms with E-state index < -0.39 is 0 Å². The lowest BCUT2D eigenvalue weighted by molar-refractivity contribution is 0.122. The van der Waals surface area contributed by atoms with Gasteiger partial charge in [-0.1, -0.05) is 54.1 Å². The van der Waals surface area contributed by atoms with Crippen molar-refractivity contribution in [2.45, 2.75) is 19.9 Å². The topological polar surface area (TPSA) is 35.4 Å². The molecule has 0 unspecified atom stereocenters. The van der Waals surface area contributed by atoms with Gasteiger partial charge in [0.1, 0.15) is 11.3 Å². The number of furan rings is 1. The minimum Gasteiger partial charge on any atom is -0.460 e. The number of aromatic amines is 1. The zero-order valence-electron chi connectivity index (χ0n) is 19.8. The zero-order chi connectivity index (χ0) is 22.9. The summed E-state index contributed by atoms with van der Waals surface area (Å²) in [5.41, 5.74) is 7.41. The Morgan fingerprint density at radius 2 is 1.59 bits per heavy atom. The van der Waals surface area contributed by atoms with E-state index in [4.69, 9.17) is 4.42 Å². The SMILES string of the molecule is Cc1ccc(-c2ccc3oc(CN4CCN(CCc5c[nH]c6ccccc56)CC4)cc3c2)cc1. The highest BCUT2D eigenvalue weighted by molar-refractivity contribution is 5.84. The van der Waals surface area contributed by atoms with Gasteiger partial charge in [-0.3, -0.25) is 4.90 Å². The third-order valence-electron chi connectivity index (χ3n) is 7.17. The van der Waals surface area contributed by atoms with E-state index in [9.17, 15) is 0 Å². The Bertz CT molecular complexity index is 1400. The molecule has 0 radical (unpaired) electrons. The molecule has 0 bridgehead atoms. The minimum atomic E-state index is 0.880. The van der Waals surface area contributed by atoms with Gasteiger partial charge in [0, 0.05) is 55.2 Å². The van der Waals surface area contributed by atoms with Crippen molar-refractivity contribution >= 4 is 21.9 Å². The van der Waals surface area contributed by atoms with E-state index >= 15 is 0 Å². The van der Waals surface area contributed by atoms with E-state index in [-0.39, 0.29) is 0 Å². The average Bonchev–Trinajstić information content (AvgIpc) is 3.47. The van der Waals surface area contributed by atoms with Gasteiger partial charge in [0.25, 0.3) is 0 Å². The van der Waals surface area contributed by atoms with Crippen molar-refractivity contribution in [2.75, 3.05) is 32.7 Å². The second-order valence-electron chi connectivity index (χ2n) is 9.56. The Hall–Kier alpha value is -3.34. The number of nitrogens with zero attached hydrogens (tertiary/aromatic N) is 2. The smallest absolute Gasteiger partial charge is 0.134 e. The van der Waals surface area contributed by atoms with Crippen LogP contribution in [0.4, 0.5) is 0 Å². The van der Waals surface area contributed by atoms with Crippen LogP contribution in [-0.4, -0.2) is 47.5 Å². The molecule has 0 aliphatic carbocycles. The first-order valence-corrected chi connectivity index (χ1v) is 12.3. The van der Waals surface area contributed by atoms with Crippen LogP contribution in [0.15, 0.2) is 83.4 Å². The average molecular weight is 450 g/mol. The van der Waals surface area contributed by atoms with Gasteiger partial charge in [-0.05, 0) is 54.3 Å². The normalized spacial score (nSPS) is 15.4. The van der Waals surface area contributed by atoms with Gasteiger partial charge in [-0.2, -0.15) is 0 Å². The maximum Gasteiger partial charge on any atom is 0.134 e. The van der Waals surface area contributed by atoms with Gasteiger partial charge >= 0.3 is 0 Å². The molecule has 0 saturated carbocycles. The van der Waals surface area contributed by atoms with Crippen LogP contribution in [0.1, 0.15) is 16.9 Å². The molecule has 4 nitrogen and oxygen atoms in total. The van der Waals surface area contributed by atoms with Crippen molar-refractivity contribution < 1.29 is 4.42 Å². The molecule has 4 heteroatoms. The lowest BCUT2D eigenvalue weighted by Gasteiger charge is -2.34. The fourth-order valence-electron chi connectivity index (χ4n) is 5.11. The largest absolute Gasteiger partial charge is 0.460 e. The van der Waals surface area contributed by atoms with E-state index in [2.05, 4.69) is 101 Å². The van der Waals surface area contributed by atoms with Crippen LogP contribution in [0.5, 0.6) is 0 Å². The second kappa shape index (κ2) is 9.13. The van der Waals surface area contributed by atoms with E-state index in [0.717, 1.165) is 57.0 Å². The highest BCUT2D eigenvalue weighted by Crippen LogP contribution is 2.28. The van der Waals surface area contributed by atoms with Crippen molar-refractivity contribution in [3.05, 3.63) is 95.9 Å². The molecule has 0 spiro atoms. The van der Waals surface area contributed by atoms with Crippen LogP contribution in [0.3, 0.4) is 0 Å². The van der Waals surface area contributed by atoms with Gasteiger partial charge in [0.05, 0.1) is 6.54 Å². The van der Waals surface area contributed by atoms with Crippen molar-refractivity contribution in [3.63, 3.8) is 0 Å². The molecular formula is C30H31N3O. The summed E-state index contributed by atoms with van der Waals surface area (Å²) >= 11 is 0. The zero-order valence-corrected chi connectivity index (χ0v) is 19.8. The molecule has 1 aliphatic heterocycles. The number of hydrogen-bond donors (Lipinski definition) is 1. The van der Waals surface area contributed by atoms with E-state index in [1.165, 1.54) is 38.5 Å². The van der Waals surface area contributed by atoms with Gasteiger partial charge in [0.2, 0.25) is 0 Å². The summed E-state index contributed by atoms with van der Waals surface area (Å²) in [7, 11) is 0. The van der Waals surface area contributed by atoms with Crippen LogP contribution in [0.2, 0.25) is 0 Å². The Kier molecular flexibility index (Phi) is 5.69. The third kappa shape index (κ3) is 4.39. The molecule has 1 N–H and O–H groups in total. The Morgan fingerprint density at radius 1 is 0.824 bits per heavy atom. The van der Waals surface area contributed by atoms with Gasteiger partial charge in [0.15, 0.2) is 0 Å². The van der Waals surface area contributed by atoms with Gasteiger partial charge in [-0.25, -0.2) is 0 Å². The first-order chi connectivity index (χ1) is 16.7. The van der Waals surface area contributed by atoms with Crippen LogP contribution in [-0.2, 0) is 13.0 Å². The number of piperazine rings is 1. The molecule has 1 fully saturated rings. The molecule has 0 atom stereocenters. The summed E-state index contributed by atoms with van der Waals surface area (Å²) in [5, 5.41) is 2.54. The molecule has 3 aromatic carbocycles. The molecule has 1 saturated heterocycles. The first kappa shape index (κ1) is 21.2. The lowest BCUT2D eigenvalue weighted by Crippen LogP contribution is -2.46. The molecule has 34 heavy (non-hydrogen) atoms. The van der Waals surface area contributed by atoms with E-state index in [0.29, 0.717) is 0 Å². The Labute approximate surface area is 200 Å². The van der Waals surface area contributed by atoms with E-state index in [1.54, 1.807) is 0 Å². The van der Waals surface area contributed by atoms with Crippen molar-refractivity contribution in [2.24, 2.45) is 0 Å². The predicted octanol–water partition coefficient (Wildman–Crippen LogP) is 6.25. The molecule has 2 aromatic heterocycles. The number of H-pyrrole nitrogens is 1. The summed E-state index contributed by atoms with van der Waals surface area (Å²) in [6.07, 6.45) is 3.27. The molecule has 172 valence electrons.